The van der Waals surface area contributed by atoms with Gasteiger partial charge in [0, 0.05) is 10.6 Å². The van der Waals surface area contributed by atoms with Crippen molar-refractivity contribution in [1.82, 2.24) is 15.0 Å². The Morgan fingerprint density at radius 3 is 2.14 bits per heavy atom. The number of benzene rings is 2. The summed E-state index contributed by atoms with van der Waals surface area (Å²) in [6, 6.07) is 13.2. The van der Waals surface area contributed by atoms with Crippen molar-refractivity contribution >= 4 is 23.2 Å². The van der Waals surface area contributed by atoms with E-state index in [4.69, 9.17) is 23.2 Å². The van der Waals surface area contributed by atoms with Crippen molar-refractivity contribution in [3.63, 3.8) is 0 Å². The molecule has 3 aromatic rings. The Hall–Kier alpha value is -2.04. The Balaban J connectivity index is 2.13. The van der Waals surface area contributed by atoms with Crippen LogP contribution in [0.2, 0.25) is 10.3 Å². The lowest BCUT2D eigenvalue weighted by Gasteiger charge is -2.05. The fraction of sp³-hybridized carbons (Fsp3) is 0. The summed E-state index contributed by atoms with van der Waals surface area (Å²) < 4.78 is 13.8. The van der Waals surface area contributed by atoms with Crippen molar-refractivity contribution in [3.05, 3.63) is 64.7 Å². The van der Waals surface area contributed by atoms with Crippen LogP contribution in [-0.2, 0) is 0 Å². The molecule has 0 radical (unpaired) electrons. The highest BCUT2D eigenvalue weighted by Gasteiger charge is 2.12. The molecule has 1 heterocycles. The molecule has 0 amide bonds. The minimum absolute atomic E-state index is 0.00760. The molecule has 104 valence electrons. The predicted molar refractivity (Wildman–Crippen MR) is 80.7 cm³/mol. The fourth-order valence-electron chi connectivity index (χ4n) is 1.84. The zero-order chi connectivity index (χ0) is 14.8. The van der Waals surface area contributed by atoms with Gasteiger partial charge < -0.3 is 0 Å². The summed E-state index contributed by atoms with van der Waals surface area (Å²) in [6.07, 6.45) is 0. The molecule has 3 rings (SSSR count). The zero-order valence-electron chi connectivity index (χ0n) is 10.6. The molecule has 0 spiro atoms. The van der Waals surface area contributed by atoms with Crippen LogP contribution in [0.15, 0.2) is 48.5 Å². The van der Waals surface area contributed by atoms with Gasteiger partial charge in [-0.2, -0.15) is 9.97 Å². The van der Waals surface area contributed by atoms with E-state index >= 15 is 0 Å². The van der Waals surface area contributed by atoms with E-state index in [0.29, 0.717) is 10.8 Å². The van der Waals surface area contributed by atoms with Crippen LogP contribution in [0.5, 0.6) is 0 Å². The van der Waals surface area contributed by atoms with Gasteiger partial charge in [0.1, 0.15) is 5.82 Å². The van der Waals surface area contributed by atoms with Crippen molar-refractivity contribution in [3.8, 4) is 22.8 Å². The largest absolute Gasteiger partial charge is 0.226 e. The lowest BCUT2D eigenvalue weighted by atomic mass is 10.2. The summed E-state index contributed by atoms with van der Waals surface area (Å²) in [5.74, 6) is 0.143. The Bertz CT molecular complexity index is 791. The molecule has 0 aliphatic rings. The van der Waals surface area contributed by atoms with Gasteiger partial charge in [0.25, 0.3) is 0 Å². The number of aromatic nitrogens is 3. The summed E-state index contributed by atoms with van der Waals surface area (Å²) in [6.45, 7) is 0. The summed E-state index contributed by atoms with van der Waals surface area (Å²) in [4.78, 5) is 12.3. The number of rotatable bonds is 2. The van der Waals surface area contributed by atoms with E-state index in [9.17, 15) is 4.39 Å². The Kier molecular flexibility index (Phi) is 3.82. The first-order chi connectivity index (χ1) is 10.1. The quantitative estimate of drug-likeness (QED) is 0.690. The van der Waals surface area contributed by atoms with E-state index in [1.165, 1.54) is 6.07 Å². The van der Waals surface area contributed by atoms with E-state index in [2.05, 4.69) is 15.0 Å². The lowest BCUT2D eigenvalue weighted by Crippen LogP contribution is -1.98. The maximum absolute atomic E-state index is 13.8. The van der Waals surface area contributed by atoms with E-state index in [1.807, 2.05) is 0 Å². The average molecular weight is 320 g/mol. The summed E-state index contributed by atoms with van der Waals surface area (Å²) >= 11 is 11.8. The van der Waals surface area contributed by atoms with Crippen LogP contribution < -0.4 is 0 Å². The molecule has 0 aliphatic heterocycles. The summed E-state index contributed by atoms with van der Waals surface area (Å²) in [5, 5.41) is 0.612. The molecule has 0 atom stereocenters. The van der Waals surface area contributed by atoms with Gasteiger partial charge in [-0.25, -0.2) is 9.37 Å². The third kappa shape index (κ3) is 3.01. The van der Waals surface area contributed by atoms with Gasteiger partial charge in [0.2, 0.25) is 5.28 Å². The maximum Gasteiger partial charge on any atom is 0.226 e. The minimum atomic E-state index is -0.415. The van der Waals surface area contributed by atoms with Gasteiger partial charge in [-0.3, -0.25) is 0 Å². The lowest BCUT2D eigenvalue weighted by molar-refractivity contribution is 0.630. The van der Waals surface area contributed by atoms with Crippen molar-refractivity contribution in [2.75, 3.05) is 0 Å². The maximum atomic E-state index is 13.8. The normalized spacial score (nSPS) is 10.6. The monoisotopic (exact) mass is 319 g/mol. The standard InChI is InChI=1S/C15H8Cl2FN3/c16-10-7-5-9(6-8-10)13-19-14(21-15(17)20-13)11-3-1-2-4-12(11)18/h1-8H. The molecule has 21 heavy (non-hydrogen) atoms. The second-order valence-corrected chi connectivity index (χ2v) is 5.01. The van der Waals surface area contributed by atoms with Crippen LogP contribution in [0.1, 0.15) is 0 Å². The Morgan fingerprint density at radius 2 is 1.43 bits per heavy atom. The van der Waals surface area contributed by atoms with E-state index in [0.717, 1.165) is 5.56 Å². The molecule has 0 aliphatic carbocycles. The van der Waals surface area contributed by atoms with Gasteiger partial charge in [-0.15, -0.1) is 0 Å². The number of hydrogen-bond donors (Lipinski definition) is 0. The molecule has 0 fully saturated rings. The topological polar surface area (TPSA) is 38.7 Å². The highest BCUT2D eigenvalue weighted by molar-refractivity contribution is 6.30. The second kappa shape index (κ2) is 5.76. The minimum Gasteiger partial charge on any atom is -0.208 e. The van der Waals surface area contributed by atoms with Crippen LogP contribution >= 0.6 is 23.2 Å². The van der Waals surface area contributed by atoms with Crippen LogP contribution in [0.25, 0.3) is 22.8 Å². The molecular weight excluding hydrogens is 312 g/mol. The smallest absolute Gasteiger partial charge is 0.208 e. The molecule has 2 aromatic carbocycles. The summed E-state index contributed by atoms with van der Waals surface area (Å²) in [5.41, 5.74) is 0.998. The molecule has 6 heteroatoms. The molecular formula is C15H8Cl2FN3. The van der Waals surface area contributed by atoms with Gasteiger partial charge in [-0.1, -0.05) is 23.7 Å². The third-order valence-electron chi connectivity index (χ3n) is 2.83. The number of hydrogen-bond acceptors (Lipinski definition) is 3. The SMILES string of the molecule is Fc1ccccc1-c1nc(Cl)nc(-c2ccc(Cl)cc2)n1. The predicted octanol–water partition coefficient (Wildman–Crippen LogP) is 4.65. The molecule has 0 bridgehead atoms. The first kappa shape index (κ1) is 13.9. The second-order valence-electron chi connectivity index (χ2n) is 4.24. The molecule has 3 nitrogen and oxygen atoms in total. The number of halogens is 3. The number of nitrogens with zero attached hydrogens (tertiary/aromatic N) is 3. The fourth-order valence-corrected chi connectivity index (χ4v) is 2.13. The van der Waals surface area contributed by atoms with Crippen molar-refractivity contribution in [1.29, 1.82) is 0 Å². The van der Waals surface area contributed by atoms with Gasteiger partial charge in [0.15, 0.2) is 11.6 Å². The molecule has 1 aromatic heterocycles. The van der Waals surface area contributed by atoms with Crippen LogP contribution in [0.3, 0.4) is 0 Å². The van der Waals surface area contributed by atoms with Gasteiger partial charge in [-0.05, 0) is 48.0 Å². The molecule has 0 saturated carbocycles. The third-order valence-corrected chi connectivity index (χ3v) is 3.25. The average Bonchev–Trinajstić information content (AvgIpc) is 2.48. The molecule has 0 unspecified atom stereocenters. The summed E-state index contributed by atoms with van der Waals surface area (Å²) in [7, 11) is 0. The van der Waals surface area contributed by atoms with E-state index in [1.54, 1.807) is 42.5 Å². The van der Waals surface area contributed by atoms with Crippen molar-refractivity contribution in [2.24, 2.45) is 0 Å². The highest BCUT2D eigenvalue weighted by atomic mass is 35.5. The van der Waals surface area contributed by atoms with Crippen LogP contribution in [-0.4, -0.2) is 15.0 Å². The first-order valence-corrected chi connectivity index (χ1v) is 6.81. The molecule has 0 saturated heterocycles. The highest BCUT2D eigenvalue weighted by Crippen LogP contribution is 2.24. The van der Waals surface area contributed by atoms with E-state index in [-0.39, 0.29) is 16.7 Å². The first-order valence-electron chi connectivity index (χ1n) is 6.06. The van der Waals surface area contributed by atoms with Gasteiger partial charge in [0.05, 0.1) is 5.56 Å². The molecule has 0 N–H and O–H groups in total. The zero-order valence-corrected chi connectivity index (χ0v) is 12.1. The Morgan fingerprint density at radius 1 is 0.762 bits per heavy atom. The Labute approximate surface area is 130 Å². The van der Waals surface area contributed by atoms with E-state index < -0.39 is 5.82 Å². The van der Waals surface area contributed by atoms with Crippen LogP contribution in [0.4, 0.5) is 4.39 Å². The van der Waals surface area contributed by atoms with Crippen molar-refractivity contribution in [2.45, 2.75) is 0 Å². The van der Waals surface area contributed by atoms with Crippen molar-refractivity contribution < 1.29 is 4.39 Å². The van der Waals surface area contributed by atoms with Gasteiger partial charge >= 0.3 is 0 Å². The van der Waals surface area contributed by atoms with Crippen LogP contribution in [0, 0.1) is 5.82 Å².